The Kier molecular flexibility index (Phi) is 2.61. The molecular formula is C12H11N3O. The summed E-state index contributed by atoms with van der Waals surface area (Å²) in [6, 6.07) is 5.62. The number of carbonyl (C=O) groups is 1. The van der Waals surface area contributed by atoms with Gasteiger partial charge in [0, 0.05) is 12.3 Å². The van der Waals surface area contributed by atoms with Crippen molar-refractivity contribution in [1.29, 1.82) is 0 Å². The third-order valence-electron chi connectivity index (χ3n) is 2.24. The summed E-state index contributed by atoms with van der Waals surface area (Å²) in [6.45, 7) is 1.90. The molecule has 4 heteroatoms. The van der Waals surface area contributed by atoms with Crippen molar-refractivity contribution >= 4 is 22.5 Å². The molecule has 1 aromatic carbocycles. The maximum absolute atomic E-state index is 11.0. The molecule has 0 aliphatic rings. The maximum atomic E-state index is 11.0. The first-order valence-corrected chi connectivity index (χ1v) is 4.88. The number of aromatic nitrogens is 2. The van der Waals surface area contributed by atoms with Crippen molar-refractivity contribution in [1.82, 2.24) is 9.78 Å². The van der Waals surface area contributed by atoms with Crippen LogP contribution in [0.15, 0.2) is 24.4 Å². The second-order valence-corrected chi connectivity index (χ2v) is 3.43. The van der Waals surface area contributed by atoms with Crippen molar-refractivity contribution in [2.45, 2.75) is 13.5 Å². The van der Waals surface area contributed by atoms with E-state index in [4.69, 9.17) is 6.42 Å². The Labute approximate surface area is 93.3 Å². The van der Waals surface area contributed by atoms with E-state index < -0.39 is 0 Å². The number of rotatable bonds is 2. The molecule has 0 unspecified atom stereocenters. The van der Waals surface area contributed by atoms with Gasteiger partial charge in [0.15, 0.2) is 0 Å². The van der Waals surface area contributed by atoms with E-state index in [9.17, 15) is 4.79 Å². The quantitative estimate of drug-likeness (QED) is 0.771. The van der Waals surface area contributed by atoms with Crippen LogP contribution in [0.2, 0.25) is 0 Å². The zero-order chi connectivity index (χ0) is 11.5. The third kappa shape index (κ3) is 1.75. The fraction of sp³-hybridized carbons (Fsp3) is 0.167. The number of terminal acetylenes is 1. The summed E-state index contributed by atoms with van der Waals surface area (Å²) in [5.41, 5.74) is 1.68. The van der Waals surface area contributed by atoms with Crippen LogP contribution in [0.1, 0.15) is 6.92 Å². The highest BCUT2D eigenvalue weighted by atomic mass is 16.1. The summed E-state index contributed by atoms with van der Waals surface area (Å²) in [5, 5.41) is 7.83. The molecule has 0 aliphatic heterocycles. The lowest BCUT2D eigenvalue weighted by Crippen LogP contribution is -2.05. The van der Waals surface area contributed by atoms with Crippen molar-refractivity contribution in [3.63, 3.8) is 0 Å². The Morgan fingerprint density at radius 3 is 3.12 bits per heavy atom. The number of anilines is 1. The van der Waals surface area contributed by atoms with Gasteiger partial charge in [0.1, 0.15) is 6.54 Å². The zero-order valence-corrected chi connectivity index (χ0v) is 8.90. The van der Waals surface area contributed by atoms with Crippen LogP contribution < -0.4 is 5.32 Å². The number of nitrogens with one attached hydrogen (secondary N) is 1. The van der Waals surface area contributed by atoms with Gasteiger partial charge in [-0.25, -0.2) is 0 Å². The van der Waals surface area contributed by atoms with E-state index in [2.05, 4.69) is 16.3 Å². The normalized spacial score (nSPS) is 10.0. The lowest BCUT2D eigenvalue weighted by Gasteiger charge is -2.03. The molecule has 0 saturated heterocycles. The summed E-state index contributed by atoms with van der Waals surface area (Å²) < 4.78 is 1.72. The summed E-state index contributed by atoms with van der Waals surface area (Å²) in [5.74, 6) is 2.44. The van der Waals surface area contributed by atoms with Gasteiger partial charge in [0.25, 0.3) is 0 Å². The lowest BCUT2D eigenvalue weighted by molar-refractivity contribution is -0.114. The lowest BCUT2D eigenvalue weighted by atomic mass is 10.2. The minimum atomic E-state index is -0.0998. The average Bonchev–Trinajstić information content (AvgIpc) is 2.63. The molecule has 0 radical (unpaired) electrons. The van der Waals surface area contributed by atoms with E-state index in [1.165, 1.54) is 6.92 Å². The SMILES string of the molecule is C#CCn1ncc2c(NC(C)=O)cccc21. The van der Waals surface area contributed by atoms with Crippen molar-refractivity contribution in [2.24, 2.45) is 0 Å². The number of nitrogens with zero attached hydrogens (tertiary/aromatic N) is 2. The number of benzene rings is 1. The minimum absolute atomic E-state index is 0.0998. The van der Waals surface area contributed by atoms with Crippen LogP contribution in [0.5, 0.6) is 0 Å². The highest BCUT2D eigenvalue weighted by Gasteiger charge is 2.06. The molecule has 0 spiro atoms. The van der Waals surface area contributed by atoms with E-state index in [0.717, 1.165) is 16.6 Å². The van der Waals surface area contributed by atoms with Gasteiger partial charge in [-0.05, 0) is 12.1 Å². The molecule has 0 fully saturated rings. The van der Waals surface area contributed by atoms with Crippen LogP contribution in [0.4, 0.5) is 5.69 Å². The molecular weight excluding hydrogens is 202 g/mol. The molecule has 1 heterocycles. The third-order valence-corrected chi connectivity index (χ3v) is 2.24. The standard InChI is InChI=1S/C12H11N3O/c1-3-7-15-12-6-4-5-11(14-9(2)16)10(12)8-13-15/h1,4-6,8H,7H2,2H3,(H,14,16). The first kappa shape index (κ1) is 10.2. The van der Waals surface area contributed by atoms with Gasteiger partial charge in [-0.1, -0.05) is 12.0 Å². The Morgan fingerprint density at radius 1 is 1.62 bits per heavy atom. The summed E-state index contributed by atoms with van der Waals surface area (Å²) in [7, 11) is 0. The number of amides is 1. The van der Waals surface area contributed by atoms with E-state index in [0.29, 0.717) is 6.54 Å². The topological polar surface area (TPSA) is 46.9 Å². The predicted molar refractivity (Wildman–Crippen MR) is 62.9 cm³/mol. The summed E-state index contributed by atoms with van der Waals surface area (Å²) in [6.07, 6.45) is 6.96. The van der Waals surface area contributed by atoms with Gasteiger partial charge in [0.05, 0.1) is 17.4 Å². The second-order valence-electron chi connectivity index (χ2n) is 3.43. The van der Waals surface area contributed by atoms with Crippen molar-refractivity contribution < 1.29 is 4.79 Å². The molecule has 1 aromatic heterocycles. The molecule has 0 atom stereocenters. The Balaban J connectivity index is 2.53. The van der Waals surface area contributed by atoms with E-state index in [1.54, 1.807) is 10.9 Å². The zero-order valence-electron chi connectivity index (χ0n) is 8.90. The fourth-order valence-electron chi connectivity index (χ4n) is 1.61. The van der Waals surface area contributed by atoms with Gasteiger partial charge < -0.3 is 5.32 Å². The highest BCUT2D eigenvalue weighted by molar-refractivity contribution is 6.00. The molecule has 16 heavy (non-hydrogen) atoms. The summed E-state index contributed by atoms with van der Waals surface area (Å²) in [4.78, 5) is 11.0. The molecule has 0 saturated carbocycles. The van der Waals surface area contributed by atoms with Crippen molar-refractivity contribution in [3.8, 4) is 12.3 Å². The molecule has 80 valence electrons. The van der Waals surface area contributed by atoms with Gasteiger partial charge in [-0.15, -0.1) is 6.42 Å². The van der Waals surface area contributed by atoms with Crippen LogP contribution in [0.3, 0.4) is 0 Å². The van der Waals surface area contributed by atoms with Crippen LogP contribution in [-0.2, 0) is 11.3 Å². The second kappa shape index (κ2) is 4.07. The highest BCUT2D eigenvalue weighted by Crippen LogP contribution is 2.22. The van der Waals surface area contributed by atoms with E-state index in [-0.39, 0.29) is 5.91 Å². The van der Waals surface area contributed by atoms with Crippen LogP contribution in [0, 0.1) is 12.3 Å². The smallest absolute Gasteiger partial charge is 0.221 e. The van der Waals surface area contributed by atoms with Crippen molar-refractivity contribution in [2.75, 3.05) is 5.32 Å². The average molecular weight is 213 g/mol. The Hall–Kier alpha value is -2.28. The van der Waals surface area contributed by atoms with Gasteiger partial charge in [0.2, 0.25) is 5.91 Å². The molecule has 1 N–H and O–H groups in total. The first-order valence-electron chi connectivity index (χ1n) is 4.88. The van der Waals surface area contributed by atoms with Crippen LogP contribution in [0.25, 0.3) is 10.9 Å². The van der Waals surface area contributed by atoms with E-state index in [1.807, 2.05) is 18.2 Å². The molecule has 0 bridgehead atoms. The molecule has 2 aromatic rings. The Bertz CT molecular complexity index is 577. The Morgan fingerprint density at radius 2 is 2.44 bits per heavy atom. The minimum Gasteiger partial charge on any atom is -0.326 e. The maximum Gasteiger partial charge on any atom is 0.221 e. The number of hydrogen-bond donors (Lipinski definition) is 1. The monoisotopic (exact) mass is 213 g/mol. The molecule has 4 nitrogen and oxygen atoms in total. The fourth-order valence-corrected chi connectivity index (χ4v) is 1.61. The van der Waals surface area contributed by atoms with Crippen LogP contribution in [-0.4, -0.2) is 15.7 Å². The van der Waals surface area contributed by atoms with Gasteiger partial charge >= 0.3 is 0 Å². The van der Waals surface area contributed by atoms with Crippen LogP contribution >= 0.6 is 0 Å². The molecule has 1 amide bonds. The first-order chi connectivity index (χ1) is 7.72. The summed E-state index contributed by atoms with van der Waals surface area (Å²) >= 11 is 0. The largest absolute Gasteiger partial charge is 0.326 e. The number of carbonyl (C=O) groups excluding carboxylic acids is 1. The predicted octanol–water partition coefficient (Wildman–Crippen LogP) is 1.63. The van der Waals surface area contributed by atoms with Gasteiger partial charge in [-0.3, -0.25) is 9.48 Å². The molecule has 0 aliphatic carbocycles. The van der Waals surface area contributed by atoms with Gasteiger partial charge in [-0.2, -0.15) is 5.10 Å². The molecule has 2 rings (SSSR count). The number of hydrogen-bond acceptors (Lipinski definition) is 2. The van der Waals surface area contributed by atoms with Crippen molar-refractivity contribution in [3.05, 3.63) is 24.4 Å². The van der Waals surface area contributed by atoms with E-state index >= 15 is 0 Å². The number of fused-ring (bicyclic) bond motifs is 1.